The number of hydrogen-bond donors (Lipinski definition) is 1. The lowest BCUT2D eigenvalue weighted by molar-refractivity contribution is 0.290. The summed E-state index contributed by atoms with van der Waals surface area (Å²) < 4.78 is 11.0. The molecule has 0 bridgehead atoms. The summed E-state index contributed by atoms with van der Waals surface area (Å²) in [6.07, 6.45) is 4.74. The summed E-state index contributed by atoms with van der Waals surface area (Å²) in [5.41, 5.74) is 7.10. The minimum atomic E-state index is -0.390. The molecule has 0 atom stereocenters. The minimum Gasteiger partial charge on any atom is -0.493 e. The van der Waals surface area contributed by atoms with Crippen LogP contribution in [-0.2, 0) is 12.0 Å². The lowest BCUT2D eigenvalue weighted by Crippen LogP contribution is -2.34. The maximum absolute atomic E-state index is 6.31. The first kappa shape index (κ1) is 16.8. The molecule has 1 fully saturated rings. The molecule has 0 aliphatic heterocycles. The zero-order valence-electron chi connectivity index (χ0n) is 12.7. The minimum absolute atomic E-state index is 0. The van der Waals surface area contributed by atoms with Crippen LogP contribution in [0.5, 0.6) is 5.75 Å². The SMILES string of the molecule is Cc1cccc(OCCc2nc(C3(N)CCCC3)no2)c1.Cl. The summed E-state index contributed by atoms with van der Waals surface area (Å²) in [5, 5.41) is 4.04. The second-order valence-electron chi connectivity index (χ2n) is 5.79. The zero-order chi connectivity index (χ0) is 14.7. The van der Waals surface area contributed by atoms with E-state index in [4.69, 9.17) is 15.0 Å². The average molecular weight is 324 g/mol. The first-order valence-corrected chi connectivity index (χ1v) is 7.47. The van der Waals surface area contributed by atoms with Gasteiger partial charge in [0.2, 0.25) is 5.89 Å². The van der Waals surface area contributed by atoms with Crippen molar-refractivity contribution in [3.05, 3.63) is 41.5 Å². The van der Waals surface area contributed by atoms with Crippen LogP contribution in [-0.4, -0.2) is 16.7 Å². The van der Waals surface area contributed by atoms with Gasteiger partial charge in [0.15, 0.2) is 5.82 Å². The maximum Gasteiger partial charge on any atom is 0.230 e. The van der Waals surface area contributed by atoms with E-state index in [1.807, 2.05) is 31.2 Å². The van der Waals surface area contributed by atoms with Crippen molar-refractivity contribution < 1.29 is 9.26 Å². The van der Waals surface area contributed by atoms with Crippen LogP contribution in [0.2, 0.25) is 0 Å². The van der Waals surface area contributed by atoms with Crippen molar-refractivity contribution >= 4 is 12.4 Å². The quantitative estimate of drug-likeness (QED) is 0.915. The number of aromatic nitrogens is 2. The maximum atomic E-state index is 6.31. The Kier molecular flexibility index (Phi) is 5.42. The number of ether oxygens (including phenoxy) is 1. The predicted octanol–water partition coefficient (Wildman–Crippen LogP) is 3.15. The van der Waals surface area contributed by atoms with Crippen molar-refractivity contribution in [2.24, 2.45) is 5.73 Å². The van der Waals surface area contributed by atoms with Crippen LogP contribution in [0.3, 0.4) is 0 Å². The van der Waals surface area contributed by atoms with Crippen LogP contribution in [0.25, 0.3) is 0 Å². The van der Waals surface area contributed by atoms with Crippen LogP contribution in [0, 0.1) is 6.92 Å². The highest BCUT2D eigenvalue weighted by Crippen LogP contribution is 2.34. The Morgan fingerprint density at radius 1 is 1.32 bits per heavy atom. The van der Waals surface area contributed by atoms with Crippen LogP contribution in [0.15, 0.2) is 28.8 Å². The van der Waals surface area contributed by atoms with Gasteiger partial charge in [-0.25, -0.2) is 0 Å². The third kappa shape index (κ3) is 3.78. The molecule has 0 radical (unpaired) electrons. The van der Waals surface area contributed by atoms with E-state index in [1.54, 1.807) is 0 Å². The third-order valence-corrected chi connectivity index (χ3v) is 3.98. The summed E-state index contributed by atoms with van der Waals surface area (Å²) in [6, 6.07) is 7.97. The molecule has 0 amide bonds. The molecule has 1 aliphatic rings. The van der Waals surface area contributed by atoms with Gasteiger partial charge in [-0.15, -0.1) is 12.4 Å². The molecule has 22 heavy (non-hydrogen) atoms. The Bertz CT molecular complexity index is 609. The fourth-order valence-corrected chi connectivity index (χ4v) is 2.75. The van der Waals surface area contributed by atoms with E-state index in [9.17, 15) is 0 Å². The highest BCUT2D eigenvalue weighted by atomic mass is 35.5. The fourth-order valence-electron chi connectivity index (χ4n) is 2.75. The van der Waals surface area contributed by atoms with E-state index >= 15 is 0 Å². The Labute approximate surface area is 136 Å². The van der Waals surface area contributed by atoms with Gasteiger partial charge in [-0.2, -0.15) is 4.98 Å². The molecule has 0 saturated heterocycles. The van der Waals surface area contributed by atoms with Gasteiger partial charge in [0.05, 0.1) is 18.6 Å². The molecule has 0 spiro atoms. The lowest BCUT2D eigenvalue weighted by Gasteiger charge is -2.17. The van der Waals surface area contributed by atoms with Crippen molar-refractivity contribution in [1.29, 1.82) is 0 Å². The van der Waals surface area contributed by atoms with E-state index in [-0.39, 0.29) is 17.9 Å². The highest BCUT2D eigenvalue weighted by molar-refractivity contribution is 5.85. The fraction of sp³-hybridized carbons (Fsp3) is 0.500. The van der Waals surface area contributed by atoms with Gasteiger partial charge in [-0.1, -0.05) is 30.1 Å². The number of nitrogens with zero attached hydrogens (tertiary/aromatic N) is 2. The molecule has 120 valence electrons. The highest BCUT2D eigenvalue weighted by Gasteiger charge is 2.35. The number of nitrogens with two attached hydrogens (primary N) is 1. The summed E-state index contributed by atoms with van der Waals surface area (Å²) in [4.78, 5) is 4.43. The Hall–Kier alpha value is -1.59. The second kappa shape index (κ2) is 7.11. The number of rotatable bonds is 5. The Morgan fingerprint density at radius 3 is 2.82 bits per heavy atom. The van der Waals surface area contributed by atoms with E-state index in [1.165, 1.54) is 5.56 Å². The molecule has 2 N–H and O–H groups in total. The molecule has 1 aromatic heterocycles. The second-order valence-corrected chi connectivity index (χ2v) is 5.79. The van der Waals surface area contributed by atoms with Crippen molar-refractivity contribution in [3.63, 3.8) is 0 Å². The Balaban J connectivity index is 0.00000176. The molecule has 2 aromatic rings. The first-order valence-electron chi connectivity index (χ1n) is 7.47. The smallest absolute Gasteiger partial charge is 0.230 e. The number of halogens is 1. The standard InChI is InChI=1S/C16H21N3O2.ClH/c1-12-5-4-6-13(11-12)20-10-7-14-18-15(19-21-14)16(17)8-2-3-9-16;/h4-6,11H,2-3,7-10,17H2,1H3;1H. The Morgan fingerprint density at radius 2 is 2.09 bits per heavy atom. The number of aryl methyl sites for hydroxylation is 1. The first-order chi connectivity index (χ1) is 10.2. The summed E-state index contributed by atoms with van der Waals surface area (Å²) >= 11 is 0. The van der Waals surface area contributed by atoms with Crippen molar-refractivity contribution in [1.82, 2.24) is 10.1 Å². The average Bonchev–Trinajstić information content (AvgIpc) is 3.09. The van der Waals surface area contributed by atoms with Gasteiger partial charge >= 0.3 is 0 Å². The molecule has 1 heterocycles. The summed E-state index contributed by atoms with van der Waals surface area (Å²) in [7, 11) is 0. The monoisotopic (exact) mass is 323 g/mol. The number of benzene rings is 1. The molecule has 3 rings (SSSR count). The normalized spacial score (nSPS) is 16.3. The van der Waals surface area contributed by atoms with Crippen molar-refractivity contribution in [3.8, 4) is 5.75 Å². The lowest BCUT2D eigenvalue weighted by atomic mass is 9.99. The van der Waals surface area contributed by atoms with Crippen LogP contribution in [0.4, 0.5) is 0 Å². The van der Waals surface area contributed by atoms with Crippen molar-refractivity contribution in [2.45, 2.75) is 44.6 Å². The van der Waals surface area contributed by atoms with E-state index in [2.05, 4.69) is 10.1 Å². The summed E-state index contributed by atoms with van der Waals surface area (Å²) in [6.45, 7) is 2.56. The van der Waals surface area contributed by atoms with Crippen LogP contribution in [0.1, 0.15) is 43.0 Å². The van der Waals surface area contributed by atoms with Gasteiger partial charge in [-0.3, -0.25) is 0 Å². The van der Waals surface area contributed by atoms with E-state index < -0.39 is 0 Å². The van der Waals surface area contributed by atoms with Crippen LogP contribution >= 0.6 is 12.4 Å². The van der Waals surface area contributed by atoms with Crippen LogP contribution < -0.4 is 10.5 Å². The summed E-state index contributed by atoms with van der Waals surface area (Å²) in [5.74, 6) is 2.10. The van der Waals surface area contributed by atoms with E-state index in [0.29, 0.717) is 24.7 Å². The molecule has 1 aliphatic carbocycles. The van der Waals surface area contributed by atoms with Gasteiger partial charge in [0.1, 0.15) is 5.75 Å². The molecular weight excluding hydrogens is 302 g/mol. The topological polar surface area (TPSA) is 74.2 Å². The molecular formula is C16H22ClN3O2. The molecule has 0 unspecified atom stereocenters. The molecule has 1 aromatic carbocycles. The van der Waals surface area contributed by atoms with Crippen molar-refractivity contribution in [2.75, 3.05) is 6.61 Å². The number of hydrogen-bond acceptors (Lipinski definition) is 5. The molecule has 5 nitrogen and oxygen atoms in total. The molecule has 6 heteroatoms. The van der Waals surface area contributed by atoms with Gasteiger partial charge in [0, 0.05) is 0 Å². The molecule has 1 saturated carbocycles. The van der Waals surface area contributed by atoms with E-state index in [0.717, 1.165) is 31.4 Å². The van der Waals surface area contributed by atoms with Gasteiger partial charge in [-0.05, 0) is 37.5 Å². The zero-order valence-corrected chi connectivity index (χ0v) is 13.6. The third-order valence-electron chi connectivity index (χ3n) is 3.98. The van der Waals surface area contributed by atoms with Gasteiger partial charge in [0.25, 0.3) is 0 Å². The predicted molar refractivity (Wildman–Crippen MR) is 86.3 cm³/mol. The largest absolute Gasteiger partial charge is 0.493 e. The van der Waals surface area contributed by atoms with Gasteiger partial charge < -0.3 is 15.0 Å².